The first-order valence-electron chi connectivity index (χ1n) is 7.85. The number of carboxylic acid groups (broad SMARTS) is 1. The molecule has 3 rings (SSSR count). The first-order chi connectivity index (χ1) is 11.7. The van der Waals surface area contributed by atoms with Crippen molar-refractivity contribution in [2.24, 2.45) is 0 Å². The normalized spacial score (nSPS) is 10.3. The van der Waals surface area contributed by atoms with Gasteiger partial charge in [-0.2, -0.15) is 0 Å². The van der Waals surface area contributed by atoms with Gasteiger partial charge >= 0.3 is 5.97 Å². The van der Waals surface area contributed by atoms with E-state index in [2.05, 4.69) is 0 Å². The highest BCUT2D eigenvalue weighted by molar-refractivity contribution is 5.67. The summed E-state index contributed by atoms with van der Waals surface area (Å²) in [5.41, 5.74) is 3.23. The molecule has 24 heavy (non-hydrogen) atoms. The molecule has 0 aliphatic heterocycles. The van der Waals surface area contributed by atoms with Crippen molar-refractivity contribution in [1.82, 2.24) is 0 Å². The summed E-state index contributed by atoms with van der Waals surface area (Å²) in [5.74, 6) is 0.837. The van der Waals surface area contributed by atoms with Crippen LogP contribution in [0.15, 0.2) is 78.9 Å². The third-order valence-corrected chi connectivity index (χ3v) is 3.75. The van der Waals surface area contributed by atoms with Gasteiger partial charge < -0.3 is 9.84 Å². The van der Waals surface area contributed by atoms with Gasteiger partial charge in [0, 0.05) is 6.42 Å². The number of benzene rings is 3. The van der Waals surface area contributed by atoms with Crippen molar-refractivity contribution >= 4 is 5.97 Å². The Kier molecular flexibility index (Phi) is 4.92. The van der Waals surface area contributed by atoms with E-state index in [4.69, 9.17) is 9.84 Å². The van der Waals surface area contributed by atoms with E-state index in [1.54, 1.807) is 0 Å². The fraction of sp³-hybridized carbons (Fsp3) is 0.0952. The second-order valence-corrected chi connectivity index (χ2v) is 5.53. The van der Waals surface area contributed by atoms with E-state index >= 15 is 0 Å². The van der Waals surface area contributed by atoms with Crippen molar-refractivity contribution in [2.75, 3.05) is 0 Å². The monoisotopic (exact) mass is 318 g/mol. The second kappa shape index (κ2) is 7.47. The summed E-state index contributed by atoms with van der Waals surface area (Å²) in [5, 5.41) is 8.73. The Labute approximate surface area is 141 Å². The smallest absolute Gasteiger partial charge is 0.303 e. The highest BCUT2D eigenvalue weighted by atomic mass is 16.5. The maximum atomic E-state index is 10.6. The van der Waals surface area contributed by atoms with Gasteiger partial charge in [-0.15, -0.1) is 0 Å². The molecule has 0 bridgehead atoms. The number of rotatable bonds is 6. The second-order valence-electron chi connectivity index (χ2n) is 5.53. The van der Waals surface area contributed by atoms with Crippen LogP contribution in [-0.4, -0.2) is 11.1 Å². The minimum atomic E-state index is -0.770. The van der Waals surface area contributed by atoms with Gasteiger partial charge in [-0.25, -0.2) is 0 Å². The molecule has 0 radical (unpaired) electrons. The summed E-state index contributed by atoms with van der Waals surface area (Å²) in [6.45, 7) is 0. The Morgan fingerprint density at radius 2 is 1.29 bits per heavy atom. The zero-order chi connectivity index (χ0) is 16.8. The molecule has 0 unspecified atom stereocenters. The summed E-state index contributed by atoms with van der Waals surface area (Å²) >= 11 is 0. The predicted octanol–water partition coefficient (Wildman–Crippen LogP) is 5.16. The van der Waals surface area contributed by atoms with Gasteiger partial charge in [0.15, 0.2) is 0 Å². The summed E-state index contributed by atoms with van der Waals surface area (Å²) in [7, 11) is 0. The topological polar surface area (TPSA) is 46.5 Å². The number of ether oxygens (including phenoxy) is 1. The summed E-state index contributed by atoms with van der Waals surface area (Å²) in [6.07, 6.45) is 0.713. The number of hydrogen-bond acceptors (Lipinski definition) is 2. The highest BCUT2D eigenvalue weighted by Gasteiger charge is 2.02. The molecule has 0 aliphatic rings. The zero-order valence-electron chi connectivity index (χ0n) is 13.2. The fourth-order valence-electron chi connectivity index (χ4n) is 2.46. The molecule has 3 aromatic carbocycles. The summed E-state index contributed by atoms with van der Waals surface area (Å²) in [6, 6.07) is 25.6. The average molecular weight is 318 g/mol. The molecule has 0 saturated heterocycles. The Morgan fingerprint density at radius 3 is 1.88 bits per heavy atom. The Balaban J connectivity index is 1.68. The summed E-state index contributed by atoms with van der Waals surface area (Å²) < 4.78 is 5.79. The molecular formula is C21H18O3. The molecule has 3 heteroatoms. The van der Waals surface area contributed by atoms with Gasteiger partial charge in [0.2, 0.25) is 0 Å². The van der Waals surface area contributed by atoms with Crippen molar-refractivity contribution in [1.29, 1.82) is 0 Å². The van der Waals surface area contributed by atoms with Crippen molar-refractivity contribution in [3.8, 4) is 22.6 Å². The third-order valence-electron chi connectivity index (χ3n) is 3.75. The van der Waals surface area contributed by atoms with E-state index < -0.39 is 5.97 Å². The van der Waals surface area contributed by atoms with E-state index in [9.17, 15) is 4.79 Å². The fourth-order valence-corrected chi connectivity index (χ4v) is 2.46. The molecular weight excluding hydrogens is 300 g/mol. The lowest BCUT2D eigenvalue weighted by Crippen LogP contribution is -1.97. The van der Waals surface area contributed by atoms with Crippen molar-refractivity contribution in [2.45, 2.75) is 12.8 Å². The molecule has 120 valence electrons. The minimum absolute atomic E-state index is 0.158. The van der Waals surface area contributed by atoms with Gasteiger partial charge in [-0.3, -0.25) is 4.79 Å². The molecule has 0 atom stereocenters. The number of hydrogen-bond donors (Lipinski definition) is 1. The first kappa shape index (κ1) is 15.8. The molecule has 1 N–H and O–H groups in total. The maximum absolute atomic E-state index is 10.6. The van der Waals surface area contributed by atoms with Crippen LogP contribution in [0.2, 0.25) is 0 Å². The average Bonchev–Trinajstić information content (AvgIpc) is 2.62. The molecule has 0 aromatic heterocycles. The standard InChI is InChI=1S/C21H18O3/c22-21(23)15-8-16-6-9-17(10-7-16)18-11-13-20(14-12-18)24-19-4-2-1-3-5-19/h1-7,9-14H,8,15H2,(H,22,23). The lowest BCUT2D eigenvalue weighted by Gasteiger charge is -2.07. The third kappa shape index (κ3) is 4.23. The maximum Gasteiger partial charge on any atom is 0.303 e. The minimum Gasteiger partial charge on any atom is -0.481 e. The van der Waals surface area contributed by atoms with Crippen molar-refractivity contribution in [3.05, 3.63) is 84.4 Å². The first-order valence-corrected chi connectivity index (χ1v) is 7.85. The van der Waals surface area contributed by atoms with E-state index in [1.165, 1.54) is 0 Å². The predicted molar refractivity (Wildman–Crippen MR) is 94.4 cm³/mol. The van der Waals surface area contributed by atoms with E-state index in [0.717, 1.165) is 28.2 Å². The number of carbonyl (C=O) groups is 1. The number of aliphatic carboxylic acids is 1. The number of para-hydroxylation sites is 1. The van der Waals surface area contributed by atoms with Crippen LogP contribution in [0.3, 0.4) is 0 Å². The van der Waals surface area contributed by atoms with Crippen LogP contribution in [0.25, 0.3) is 11.1 Å². The lowest BCUT2D eigenvalue weighted by atomic mass is 10.0. The van der Waals surface area contributed by atoms with Gasteiger partial charge in [-0.1, -0.05) is 54.6 Å². The van der Waals surface area contributed by atoms with Crippen LogP contribution >= 0.6 is 0 Å². The van der Waals surface area contributed by atoms with Crippen molar-refractivity contribution in [3.63, 3.8) is 0 Å². The van der Waals surface area contributed by atoms with Crippen LogP contribution in [0.1, 0.15) is 12.0 Å². The van der Waals surface area contributed by atoms with Gasteiger partial charge in [0.05, 0.1) is 0 Å². The van der Waals surface area contributed by atoms with E-state index in [0.29, 0.717) is 6.42 Å². The molecule has 0 heterocycles. The zero-order valence-corrected chi connectivity index (χ0v) is 13.2. The molecule has 3 aromatic rings. The molecule has 0 aliphatic carbocycles. The number of carboxylic acids is 1. The van der Waals surface area contributed by atoms with Crippen molar-refractivity contribution < 1.29 is 14.6 Å². The SMILES string of the molecule is O=C(O)CCc1ccc(-c2ccc(Oc3ccccc3)cc2)cc1. The summed E-state index contributed by atoms with van der Waals surface area (Å²) in [4.78, 5) is 10.6. The Morgan fingerprint density at radius 1 is 0.750 bits per heavy atom. The number of aryl methyl sites for hydroxylation is 1. The van der Waals surface area contributed by atoms with Gasteiger partial charge in [0.1, 0.15) is 11.5 Å². The molecule has 0 saturated carbocycles. The van der Waals surface area contributed by atoms with Crippen LogP contribution < -0.4 is 4.74 Å². The molecule has 0 spiro atoms. The quantitative estimate of drug-likeness (QED) is 0.682. The Bertz CT molecular complexity index is 791. The molecule has 3 nitrogen and oxygen atoms in total. The molecule has 0 amide bonds. The van der Waals surface area contributed by atoms with Crippen LogP contribution in [-0.2, 0) is 11.2 Å². The largest absolute Gasteiger partial charge is 0.481 e. The highest BCUT2D eigenvalue weighted by Crippen LogP contribution is 2.26. The van der Waals surface area contributed by atoms with E-state index in [-0.39, 0.29) is 6.42 Å². The van der Waals surface area contributed by atoms with Crippen LogP contribution in [0.4, 0.5) is 0 Å². The van der Waals surface area contributed by atoms with Gasteiger partial charge in [0.25, 0.3) is 0 Å². The molecule has 0 fully saturated rings. The van der Waals surface area contributed by atoms with Crippen LogP contribution in [0, 0.1) is 0 Å². The van der Waals surface area contributed by atoms with Crippen LogP contribution in [0.5, 0.6) is 11.5 Å². The Hall–Kier alpha value is -3.07. The lowest BCUT2D eigenvalue weighted by molar-refractivity contribution is -0.136. The van der Waals surface area contributed by atoms with E-state index in [1.807, 2.05) is 78.9 Å². The van der Waals surface area contributed by atoms with Gasteiger partial charge in [-0.05, 0) is 47.4 Å².